The Balaban J connectivity index is 1.41. The zero-order valence-electron chi connectivity index (χ0n) is 16.9. The Hall–Kier alpha value is -3.81. The van der Waals surface area contributed by atoms with Gasteiger partial charge in [0.1, 0.15) is 6.33 Å². The van der Waals surface area contributed by atoms with E-state index in [-0.39, 0.29) is 11.5 Å². The molecule has 0 spiro atoms. The molecular weight excluding hydrogens is 380 g/mol. The van der Waals surface area contributed by atoms with E-state index in [1.165, 1.54) is 6.33 Å². The largest absolute Gasteiger partial charge is 0.326 e. The minimum atomic E-state index is -0.102. The van der Waals surface area contributed by atoms with Crippen LogP contribution in [0.3, 0.4) is 0 Å². The number of para-hydroxylation sites is 1. The van der Waals surface area contributed by atoms with Crippen LogP contribution in [0.15, 0.2) is 59.9 Å². The second-order valence-corrected chi connectivity index (χ2v) is 7.16. The Kier molecular flexibility index (Phi) is 5.38. The first-order valence-electron chi connectivity index (χ1n) is 9.72. The topological polar surface area (TPSA) is 94.7 Å². The Bertz CT molecular complexity index is 1270. The van der Waals surface area contributed by atoms with E-state index in [2.05, 4.69) is 20.5 Å². The predicted molar refractivity (Wildman–Crippen MR) is 115 cm³/mol. The monoisotopic (exact) mass is 402 g/mol. The molecule has 0 saturated carbocycles. The Morgan fingerprint density at radius 3 is 2.73 bits per heavy atom. The summed E-state index contributed by atoms with van der Waals surface area (Å²) in [6.45, 7) is 2.38. The van der Waals surface area contributed by atoms with Gasteiger partial charge in [0.2, 0.25) is 5.91 Å². The maximum atomic E-state index is 12.5. The third-order valence-corrected chi connectivity index (χ3v) is 5.09. The van der Waals surface area contributed by atoms with Crippen LogP contribution in [0.4, 0.5) is 5.69 Å². The molecule has 0 saturated heterocycles. The normalized spacial score (nSPS) is 11.0. The highest BCUT2D eigenvalue weighted by molar-refractivity contribution is 5.92. The van der Waals surface area contributed by atoms with Crippen LogP contribution in [0.25, 0.3) is 22.3 Å². The molecule has 2 aromatic heterocycles. The van der Waals surface area contributed by atoms with Gasteiger partial charge in [-0.3, -0.25) is 14.2 Å². The molecule has 8 heteroatoms. The van der Waals surface area contributed by atoms with Crippen LogP contribution in [-0.2, 0) is 18.4 Å². The summed E-state index contributed by atoms with van der Waals surface area (Å²) in [4.78, 5) is 29.3. The number of amides is 1. The molecule has 0 unspecified atom stereocenters. The van der Waals surface area contributed by atoms with Gasteiger partial charge in [0.05, 0.1) is 17.2 Å². The van der Waals surface area contributed by atoms with Gasteiger partial charge in [-0.15, -0.1) is 10.2 Å². The highest BCUT2D eigenvalue weighted by atomic mass is 16.1. The van der Waals surface area contributed by atoms with Crippen LogP contribution < -0.4 is 10.9 Å². The number of aryl methyl sites for hydroxylation is 2. The molecule has 0 aliphatic heterocycles. The summed E-state index contributed by atoms with van der Waals surface area (Å²) < 4.78 is 3.39. The molecule has 8 nitrogen and oxygen atoms in total. The maximum Gasteiger partial charge on any atom is 0.261 e. The fraction of sp³-hybridized carbons (Fsp3) is 0.227. The van der Waals surface area contributed by atoms with Gasteiger partial charge in [-0.05, 0) is 37.1 Å². The number of carbonyl (C=O) groups excluding carboxylic acids is 1. The number of carbonyl (C=O) groups is 1. The molecule has 0 aliphatic carbocycles. The number of aromatic nitrogens is 5. The highest BCUT2D eigenvalue weighted by Gasteiger charge is 2.12. The standard InChI is InChI=1S/C22H22N6O2/c1-15-16(21-26-24-14-27(21)2)8-5-10-18(15)25-20(29)11-6-12-28-13-23-19-9-4-3-7-17(19)22(28)30/h3-5,7-10,13-14H,6,11-12H2,1-2H3,(H,25,29). The molecule has 0 fully saturated rings. The highest BCUT2D eigenvalue weighted by Crippen LogP contribution is 2.26. The van der Waals surface area contributed by atoms with Crippen LogP contribution in [0.5, 0.6) is 0 Å². The van der Waals surface area contributed by atoms with Crippen molar-refractivity contribution in [3.8, 4) is 11.4 Å². The number of anilines is 1. The van der Waals surface area contributed by atoms with Crippen molar-refractivity contribution in [2.75, 3.05) is 5.32 Å². The van der Waals surface area contributed by atoms with Crippen molar-refractivity contribution < 1.29 is 4.79 Å². The Labute approximate surface area is 173 Å². The molecule has 1 N–H and O–H groups in total. The summed E-state index contributed by atoms with van der Waals surface area (Å²) in [6, 6.07) is 12.9. The van der Waals surface area contributed by atoms with Gasteiger partial charge in [-0.1, -0.05) is 24.3 Å². The van der Waals surface area contributed by atoms with E-state index in [0.29, 0.717) is 30.3 Å². The van der Waals surface area contributed by atoms with Gasteiger partial charge in [0.25, 0.3) is 5.56 Å². The van der Waals surface area contributed by atoms with Crippen LogP contribution in [0.1, 0.15) is 18.4 Å². The molecule has 0 radical (unpaired) electrons. The smallest absolute Gasteiger partial charge is 0.261 e. The number of rotatable bonds is 6. The van der Waals surface area contributed by atoms with E-state index in [4.69, 9.17) is 0 Å². The van der Waals surface area contributed by atoms with E-state index < -0.39 is 0 Å². The van der Waals surface area contributed by atoms with Gasteiger partial charge >= 0.3 is 0 Å². The van der Waals surface area contributed by atoms with E-state index in [0.717, 1.165) is 22.6 Å². The third-order valence-electron chi connectivity index (χ3n) is 5.09. The van der Waals surface area contributed by atoms with Gasteiger partial charge in [0.15, 0.2) is 5.82 Å². The molecule has 1 amide bonds. The second-order valence-electron chi connectivity index (χ2n) is 7.16. The lowest BCUT2D eigenvalue weighted by atomic mass is 10.1. The average molecular weight is 402 g/mol. The maximum absolute atomic E-state index is 12.5. The number of nitrogens with one attached hydrogen (secondary N) is 1. The number of hydrogen-bond acceptors (Lipinski definition) is 5. The van der Waals surface area contributed by atoms with Gasteiger partial charge in [-0.25, -0.2) is 4.98 Å². The Morgan fingerprint density at radius 1 is 1.10 bits per heavy atom. The molecule has 2 heterocycles. The molecule has 0 atom stereocenters. The van der Waals surface area contributed by atoms with Crippen molar-refractivity contribution >= 4 is 22.5 Å². The summed E-state index contributed by atoms with van der Waals surface area (Å²) >= 11 is 0. The molecule has 30 heavy (non-hydrogen) atoms. The van der Waals surface area contributed by atoms with Gasteiger partial charge in [0, 0.05) is 31.3 Å². The minimum Gasteiger partial charge on any atom is -0.326 e. The molecule has 4 aromatic rings. The lowest BCUT2D eigenvalue weighted by Gasteiger charge is -2.12. The number of fused-ring (bicyclic) bond motifs is 1. The summed E-state index contributed by atoms with van der Waals surface area (Å²) in [5.41, 5.74) is 3.17. The molecule has 0 bridgehead atoms. The molecular formula is C22H22N6O2. The van der Waals surface area contributed by atoms with Crippen molar-refractivity contribution in [3.63, 3.8) is 0 Å². The second kappa shape index (κ2) is 8.28. The lowest BCUT2D eigenvalue weighted by molar-refractivity contribution is -0.116. The SMILES string of the molecule is Cc1c(NC(=O)CCCn2cnc3ccccc3c2=O)cccc1-c1nncn1C. The quantitative estimate of drug-likeness (QED) is 0.535. The molecule has 2 aromatic carbocycles. The van der Waals surface area contributed by atoms with Crippen molar-refractivity contribution in [2.45, 2.75) is 26.3 Å². The first kappa shape index (κ1) is 19.5. The van der Waals surface area contributed by atoms with Crippen molar-refractivity contribution in [1.82, 2.24) is 24.3 Å². The zero-order chi connectivity index (χ0) is 21.1. The third kappa shape index (κ3) is 3.84. The molecule has 4 rings (SSSR count). The number of hydrogen-bond donors (Lipinski definition) is 1. The van der Waals surface area contributed by atoms with Crippen molar-refractivity contribution in [3.05, 3.63) is 71.0 Å². The molecule has 0 aliphatic rings. The van der Waals surface area contributed by atoms with Crippen LogP contribution in [0, 0.1) is 6.92 Å². The zero-order valence-corrected chi connectivity index (χ0v) is 16.9. The van der Waals surface area contributed by atoms with Crippen LogP contribution in [0.2, 0.25) is 0 Å². The molecule has 152 valence electrons. The predicted octanol–water partition coefficient (Wildman–Crippen LogP) is 2.92. The first-order chi connectivity index (χ1) is 14.5. The van der Waals surface area contributed by atoms with Crippen LogP contribution >= 0.6 is 0 Å². The summed E-state index contributed by atoms with van der Waals surface area (Å²) in [5, 5.41) is 11.6. The minimum absolute atomic E-state index is 0.0896. The fourth-order valence-electron chi connectivity index (χ4n) is 3.43. The van der Waals surface area contributed by atoms with Gasteiger partial charge < -0.3 is 9.88 Å². The van der Waals surface area contributed by atoms with Crippen molar-refractivity contribution in [2.24, 2.45) is 7.05 Å². The lowest BCUT2D eigenvalue weighted by Crippen LogP contribution is -2.21. The van der Waals surface area contributed by atoms with E-state index >= 15 is 0 Å². The fourth-order valence-corrected chi connectivity index (χ4v) is 3.43. The van der Waals surface area contributed by atoms with E-state index in [1.807, 2.05) is 54.9 Å². The Morgan fingerprint density at radius 2 is 1.93 bits per heavy atom. The van der Waals surface area contributed by atoms with Crippen molar-refractivity contribution in [1.29, 1.82) is 0 Å². The van der Waals surface area contributed by atoms with E-state index in [1.54, 1.807) is 17.0 Å². The van der Waals surface area contributed by atoms with Gasteiger partial charge in [-0.2, -0.15) is 0 Å². The summed E-state index contributed by atoms with van der Waals surface area (Å²) in [5.74, 6) is 0.641. The number of benzene rings is 2. The summed E-state index contributed by atoms with van der Waals surface area (Å²) in [6.07, 6.45) is 4.02. The van der Waals surface area contributed by atoms with E-state index in [9.17, 15) is 9.59 Å². The number of nitrogens with zero attached hydrogens (tertiary/aromatic N) is 5. The summed E-state index contributed by atoms with van der Waals surface area (Å²) in [7, 11) is 1.88. The first-order valence-corrected chi connectivity index (χ1v) is 9.72. The van der Waals surface area contributed by atoms with Crippen LogP contribution in [-0.4, -0.2) is 30.2 Å². The average Bonchev–Trinajstić information content (AvgIpc) is 3.17.